The van der Waals surface area contributed by atoms with Crippen molar-refractivity contribution in [1.29, 1.82) is 0 Å². The maximum Gasteiger partial charge on any atom is 0.262 e. The maximum absolute atomic E-state index is 11.9. The summed E-state index contributed by atoms with van der Waals surface area (Å²) in [5.41, 5.74) is 1.52. The van der Waals surface area contributed by atoms with Gasteiger partial charge in [0.15, 0.2) is 6.61 Å². The zero-order valence-corrected chi connectivity index (χ0v) is 12.6. The molecule has 2 aromatic carbocycles. The second-order valence-corrected chi connectivity index (χ2v) is 4.83. The van der Waals surface area contributed by atoms with Crippen LogP contribution in [-0.4, -0.2) is 19.6 Å². The van der Waals surface area contributed by atoms with Gasteiger partial charge in [-0.2, -0.15) is 0 Å². The summed E-state index contributed by atoms with van der Waals surface area (Å²) in [6.45, 7) is 1.78. The van der Waals surface area contributed by atoms with Crippen LogP contribution in [0.25, 0.3) is 0 Å². The molecule has 21 heavy (non-hydrogen) atoms. The Balaban J connectivity index is 1.91. The Labute approximate surface area is 128 Å². The van der Waals surface area contributed by atoms with Gasteiger partial charge in [0.05, 0.1) is 7.11 Å². The molecule has 0 atom stereocenters. The number of anilines is 1. The third kappa shape index (κ3) is 4.13. The van der Waals surface area contributed by atoms with Gasteiger partial charge >= 0.3 is 0 Å². The van der Waals surface area contributed by atoms with Crippen molar-refractivity contribution in [2.24, 2.45) is 0 Å². The highest BCUT2D eigenvalue weighted by Gasteiger charge is 2.07. The fourth-order valence-electron chi connectivity index (χ4n) is 1.75. The van der Waals surface area contributed by atoms with Crippen LogP contribution >= 0.6 is 11.6 Å². The van der Waals surface area contributed by atoms with Crippen molar-refractivity contribution in [3.05, 3.63) is 53.1 Å². The second kappa shape index (κ2) is 6.99. The first-order chi connectivity index (χ1) is 10.1. The van der Waals surface area contributed by atoms with E-state index >= 15 is 0 Å². The fraction of sp³-hybridized carbons (Fsp3) is 0.188. The minimum atomic E-state index is -0.240. The number of rotatable bonds is 5. The quantitative estimate of drug-likeness (QED) is 0.916. The number of benzene rings is 2. The summed E-state index contributed by atoms with van der Waals surface area (Å²) >= 11 is 6.00. The number of ether oxygens (including phenoxy) is 2. The highest BCUT2D eigenvalue weighted by molar-refractivity contribution is 6.31. The Morgan fingerprint density at radius 3 is 2.48 bits per heavy atom. The molecule has 0 aromatic heterocycles. The first-order valence-electron chi connectivity index (χ1n) is 6.42. The molecule has 0 bridgehead atoms. The van der Waals surface area contributed by atoms with Crippen LogP contribution in [0.4, 0.5) is 5.69 Å². The largest absolute Gasteiger partial charge is 0.497 e. The molecular formula is C16H16ClNO3. The maximum atomic E-state index is 11.9. The van der Waals surface area contributed by atoms with Crippen LogP contribution in [0, 0.1) is 6.92 Å². The lowest BCUT2D eigenvalue weighted by molar-refractivity contribution is -0.118. The van der Waals surface area contributed by atoms with E-state index < -0.39 is 0 Å². The van der Waals surface area contributed by atoms with Gasteiger partial charge in [-0.25, -0.2) is 0 Å². The zero-order chi connectivity index (χ0) is 15.2. The van der Waals surface area contributed by atoms with Crippen molar-refractivity contribution in [2.75, 3.05) is 19.0 Å². The van der Waals surface area contributed by atoms with Gasteiger partial charge in [0.2, 0.25) is 0 Å². The summed E-state index contributed by atoms with van der Waals surface area (Å²) in [7, 11) is 1.59. The van der Waals surface area contributed by atoms with Crippen LogP contribution in [0.5, 0.6) is 11.5 Å². The summed E-state index contributed by atoms with van der Waals surface area (Å²) in [4.78, 5) is 11.9. The highest BCUT2D eigenvalue weighted by atomic mass is 35.5. The molecule has 4 nitrogen and oxygen atoms in total. The van der Waals surface area contributed by atoms with Crippen LogP contribution in [0.3, 0.4) is 0 Å². The lowest BCUT2D eigenvalue weighted by Gasteiger charge is -2.10. The number of hydrogen-bond donors (Lipinski definition) is 1. The molecule has 0 saturated carbocycles. The van der Waals surface area contributed by atoms with E-state index in [1.807, 2.05) is 6.92 Å². The van der Waals surface area contributed by atoms with Crippen LogP contribution < -0.4 is 14.8 Å². The average Bonchev–Trinajstić information content (AvgIpc) is 2.50. The Morgan fingerprint density at radius 2 is 1.81 bits per heavy atom. The fourth-order valence-corrected chi connectivity index (χ4v) is 1.92. The number of carbonyl (C=O) groups is 1. The van der Waals surface area contributed by atoms with E-state index in [1.54, 1.807) is 49.6 Å². The van der Waals surface area contributed by atoms with Gasteiger partial charge < -0.3 is 14.8 Å². The summed E-state index contributed by atoms with van der Waals surface area (Å²) in [5.74, 6) is 1.10. The van der Waals surface area contributed by atoms with Crippen LogP contribution in [0.2, 0.25) is 5.02 Å². The molecule has 0 spiro atoms. The normalized spacial score (nSPS) is 10.0. The first-order valence-corrected chi connectivity index (χ1v) is 6.80. The summed E-state index contributed by atoms with van der Waals surface area (Å²) in [6, 6.07) is 12.4. The lowest BCUT2D eigenvalue weighted by atomic mass is 10.2. The molecule has 0 heterocycles. The Hall–Kier alpha value is -2.20. The Morgan fingerprint density at radius 1 is 1.14 bits per heavy atom. The number of hydrogen-bond acceptors (Lipinski definition) is 3. The molecule has 0 unspecified atom stereocenters. The van der Waals surface area contributed by atoms with E-state index in [1.165, 1.54) is 0 Å². The minimum Gasteiger partial charge on any atom is -0.497 e. The molecule has 0 fully saturated rings. The van der Waals surface area contributed by atoms with Gasteiger partial charge in [-0.05, 0) is 48.9 Å². The molecule has 0 saturated heterocycles. The molecular weight excluding hydrogens is 290 g/mol. The molecule has 0 aliphatic carbocycles. The van der Waals surface area contributed by atoms with E-state index in [9.17, 15) is 4.79 Å². The van der Waals surface area contributed by atoms with Gasteiger partial charge in [-0.3, -0.25) is 4.79 Å². The molecule has 110 valence electrons. The smallest absolute Gasteiger partial charge is 0.262 e. The molecule has 2 aromatic rings. The van der Waals surface area contributed by atoms with E-state index in [-0.39, 0.29) is 12.5 Å². The van der Waals surface area contributed by atoms with Crippen LogP contribution in [-0.2, 0) is 4.79 Å². The van der Waals surface area contributed by atoms with Crippen molar-refractivity contribution < 1.29 is 14.3 Å². The van der Waals surface area contributed by atoms with E-state index in [4.69, 9.17) is 21.1 Å². The number of amides is 1. The number of methoxy groups -OCH3 is 1. The van der Waals surface area contributed by atoms with Gasteiger partial charge in [0, 0.05) is 10.7 Å². The standard InChI is InChI=1S/C16H16ClNO3/c1-11-14(17)4-3-5-15(11)18-16(19)10-21-13-8-6-12(20-2)7-9-13/h3-9H,10H2,1-2H3,(H,18,19). The topological polar surface area (TPSA) is 47.6 Å². The van der Waals surface area contributed by atoms with Gasteiger partial charge in [0.1, 0.15) is 11.5 Å². The predicted octanol–water partition coefficient (Wildman–Crippen LogP) is 3.67. The minimum absolute atomic E-state index is 0.0711. The first kappa shape index (κ1) is 15.2. The Kier molecular flexibility index (Phi) is 5.06. The molecule has 0 aliphatic rings. The monoisotopic (exact) mass is 305 g/mol. The van der Waals surface area contributed by atoms with Crippen molar-refractivity contribution in [3.8, 4) is 11.5 Å². The van der Waals surface area contributed by atoms with Gasteiger partial charge in [0.25, 0.3) is 5.91 Å². The Bertz CT molecular complexity index is 626. The zero-order valence-electron chi connectivity index (χ0n) is 11.9. The molecule has 0 aliphatic heterocycles. The summed E-state index contributed by atoms with van der Waals surface area (Å²) < 4.78 is 10.5. The van der Waals surface area contributed by atoms with Gasteiger partial charge in [-0.15, -0.1) is 0 Å². The molecule has 5 heteroatoms. The van der Waals surface area contributed by atoms with E-state index in [2.05, 4.69) is 5.32 Å². The number of nitrogens with one attached hydrogen (secondary N) is 1. The number of halogens is 1. The van der Waals surface area contributed by atoms with Crippen molar-refractivity contribution >= 4 is 23.2 Å². The molecule has 0 radical (unpaired) electrons. The summed E-state index contributed by atoms with van der Waals surface area (Å²) in [6.07, 6.45) is 0. The van der Waals surface area contributed by atoms with Crippen molar-refractivity contribution in [1.82, 2.24) is 0 Å². The highest BCUT2D eigenvalue weighted by Crippen LogP contribution is 2.23. The van der Waals surface area contributed by atoms with Crippen molar-refractivity contribution in [2.45, 2.75) is 6.92 Å². The predicted molar refractivity (Wildman–Crippen MR) is 83.3 cm³/mol. The molecule has 1 N–H and O–H groups in total. The third-order valence-corrected chi connectivity index (χ3v) is 3.38. The van der Waals surface area contributed by atoms with E-state index in [0.29, 0.717) is 16.5 Å². The summed E-state index contributed by atoms with van der Waals surface area (Å²) in [5, 5.41) is 3.39. The average molecular weight is 306 g/mol. The number of carbonyl (C=O) groups excluding carboxylic acids is 1. The molecule has 1 amide bonds. The van der Waals surface area contributed by atoms with Crippen LogP contribution in [0.15, 0.2) is 42.5 Å². The molecule has 2 rings (SSSR count). The van der Waals surface area contributed by atoms with Crippen LogP contribution in [0.1, 0.15) is 5.56 Å². The lowest BCUT2D eigenvalue weighted by Crippen LogP contribution is -2.20. The van der Waals surface area contributed by atoms with Gasteiger partial charge in [-0.1, -0.05) is 17.7 Å². The van der Waals surface area contributed by atoms with Crippen molar-refractivity contribution in [3.63, 3.8) is 0 Å². The third-order valence-electron chi connectivity index (χ3n) is 2.97. The van der Waals surface area contributed by atoms with E-state index in [0.717, 1.165) is 11.3 Å². The SMILES string of the molecule is COc1ccc(OCC(=O)Nc2cccc(Cl)c2C)cc1. The second-order valence-electron chi connectivity index (χ2n) is 4.42.